The van der Waals surface area contributed by atoms with Gasteiger partial charge in [0.25, 0.3) is 5.91 Å². The van der Waals surface area contributed by atoms with E-state index >= 15 is 0 Å². The van der Waals surface area contributed by atoms with Crippen molar-refractivity contribution in [3.63, 3.8) is 0 Å². The molecule has 1 unspecified atom stereocenters. The number of ether oxygens (including phenoxy) is 1. The summed E-state index contributed by atoms with van der Waals surface area (Å²) in [5.41, 5.74) is 3.04. The summed E-state index contributed by atoms with van der Waals surface area (Å²) in [4.78, 5) is 26.6. The minimum Gasteiger partial charge on any atom is -0.368 e. The van der Waals surface area contributed by atoms with Crippen molar-refractivity contribution >= 4 is 16.8 Å². The Kier molecular flexibility index (Phi) is 5.43. The number of para-hydroxylation sites is 1. The average molecular weight is 402 g/mol. The van der Waals surface area contributed by atoms with Gasteiger partial charge in [0.15, 0.2) is 0 Å². The predicted octanol–water partition coefficient (Wildman–Crippen LogP) is 3.12. The SMILES string of the molecule is O=C(C1CCCO1)N1CCN(Cc2nc(-c3ccccc3)c3ccccc3n2)CC1. The van der Waals surface area contributed by atoms with Crippen LogP contribution >= 0.6 is 0 Å². The molecule has 1 aromatic heterocycles. The first kappa shape index (κ1) is 19.2. The van der Waals surface area contributed by atoms with Crippen LogP contribution in [-0.4, -0.2) is 64.6 Å². The number of hydrogen-bond acceptors (Lipinski definition) is 5. The highest BCUT2D eigenvalue weighted by Crippen LogP contribution is 2.26. The highest BCUT2D eigenvalue weighted by atomic mass is 16.5. The van der Waals surface area contributed by atoms with Gasteiger partial charge in [0, 0.05) is 43.7 Å². The standard InChI is InChI=1S/C24H26N4O2/c29-24(21-11-6-16-30-21)28-14-12-27(13-15-28)17-22-25-20-10-5-4-9-19(20)23(26-22)18-7-2-1-3-8-18/h1-5,7-10,21H,6,11-17H2. The van der Waals surface area contributed by atoms with Gasteiger partial charge in [0.1, 0.15) is 11.9 Å². The van der Waals surface area contributed by atoms with Gasteiger partial charge in [-0.2, -0.15) is 0 Å². The first-order chi connectivity index (χ1) is 14.8. The molecule has 3 aromatic rings. The van der Waals surface area contributed by atoms with Crippen LogP contribution in [-0.2, 0) is 16.1 Å². The third-order valence-corrected chi connectivity index (χ3v) is 5.95. The lowest BCUT2D eigenvalue weighted by Gasteiger charge is -2.35. The van der Waals surface area contributed by atoms with Gasteiger partial charge in [0.05, 0.1) is 17.8 Å². The van der Waals surface area contributed by atoms with Crippen LogP contribution in [0.3, 0.4) is 0 Å². The average Bonchev–Trinajstić information content (AvgIpc) is 3.34. The molecule has 0 saturated carbocycles. The molecule has 3 heterocycles. The number of benzene rings is 2. The molecule has 154 valence electrons. The number of carbonyl (C=O) groups excluding carboxylic acids is 1. The number of amides is 1. The van der Waals surface area contributed by atoms with Crippen LogP contribution in [0.1, 0.15) is 18.7 Å². The topological polar surface area (TPSA) is 58.6 Å². The zero-order valence-electron chi connectivity index (χ0n) is 17.0. The molecule has 0 bridgehead atoms. The molecule has 2 aliphatic heterocycles. The zero-order chi connectivity index (χ0) is 20.3. The fourth-order valence-electron chi connectivity index (χ4n) is 4.31. The van der Waals surface area contributed by atoms with Crippen LogP contribution < -0.4 is 0 Å². The Morgan fingerprint density at radius 3 is 2.50 bits per heavy atom. The van der Waals surface area contributed by atoms with E-state index in [1.165, 1.54) is 0 Å². The van der Waals surface area contributed by atoms with Gasteiger partial charge in [-0.15, -0.1) is 0 Å². The number of hydrogen-bond donors (Lipinski definition) is 0. The molecule has 6 heteroatoms. The Hall–Kier alpha value is -2.83. The van der Waals surface area contributed by atoms with E-state index in [0.717, 1.165) is 67.0 Å². The molecule has 30 heavy (non-hydrogen) atoms. The maximum absolute atomic E-state index is 12.6. The van der Waals surface area contributed by atoms with Gasteiger partial charge >= 0.3 is 0 Å². The van der Waals surface area contributed by atoms with Crippen molar-refractivity contribution in [2.45, 2.75) is 25.5 Å². The molecule has 0 N–H and O–H groups in total. The first-order valence-corrected chi connectivity index (χ1v) is 10.7. The molecular weight excluding hydrogens is 376 g/mol. The summed E-state index contributed by atoms with van der Waals surface area (Å²) in [6.07, 6.45) is 1.61. The van der Waals surface area contributed by atoms with Gasteiger partial charge < -0.3 is 9.64 Å². The predicted molar refractivity (Wildman–Crippen MR) is 116 cm³/mol. The van der Waals surface area contributed by atoms with Crippen molar-refractivity contribution in [2.75, 3.05) is 32.8 Å². The lowest BCUT2D eigenvalue weighted by atomic mass is 10.1. The zero-order valence-corrected chi connectivity index (χ0v) is 17.0. The summed E-state index contributed by atoms with van der Waals surface area (Å²) in [5.74, 6) is 0.979. The van der Waals surface area contributed by atoms with Crippen LogP contribution in [0, 0.1) is 0 Å². The third kappa shape index (κ3) is 3.93. The molecule has 2 fully saturated rings. The second-order valence-electron chi connectivity index (χ2n) is 7.97. The van der Waals surface area contributed by atoms with Crippen molar-refractivity contribution in [1.82, 2.24) is 19.8 Å². The molecule has 2 saturated heterocycles. The lowest BCUT2D eigenvalue weighted by Crippen LogP contribution is -2.51. The number of aromatic nitrogens is 2. The van der Waals surface area contributed by atoms with Crippen LogP contribution in [0.2, 0.25) is 0 Å². The number of rotatable bonds is 4. The summed E-state index contributed by atoms with van der Waals surface area (Å²) < 4.78 is 5.56. The fourth-order valence-corrected chi connectivity index (χ4v) is 4.31. The van der Waals surface area contributed by atoms with Gasteiger partial charge in [-0.05, 0) is 18.9 Å². The smallest absolute Gasteiger partial charge is 0.251 e. The van der Waals surface area contributed by atoms with E-state index < -0.39 is 0 Å². The van der Waals surface area contributed by atoms with E-state index in [2.05, 4.69) is 23.1 Å². The van der Waals surface area contributed by atoms with E-state index in [1.54, 1.807) is 0 Å². The Morgan fingerprint density at radius 1 is 0.967 bits per heavy atom. The van der Waals surface area contributed by atoms with Crippen molar-refractivity contribution in [3.8, 4) is 11.3 Å². The largest absolute Gasteiger partial charge is 0.368 e. The molecule has 2 aromatic carbocycles. The highest BCUT2D eigenvalue weighted by molar-refractivity contribution is 5.92. The highest BCUT2D eigenvalue weighted by Gasteiger charge is 2.30. The Balaban J connectivity index is 1.32. The minimum atomic E-state index is -0.228. The maximum Gasteiger partial charge on any atom is 0.251 e. The van der Waals surface area contributed by atoms with Gasteiger partial charge in [-0.25, -0.2) is 9.97 Å². The van der Waals surface area contributed by atoms with E-state index in [1.807, 2.05) is 41.3 Å². The second kappa shape index (κ2) is 8.50. The number of nitrogens with zero attached hydrogens (tertiary/aromatic N) is 4. The van der Waals surface area contributed by atoms with Crippen LogP contribution in [0.15, 0.2) is 54.6 Å². The van der Waals surface area contributed by atoms with Crippen molar-refractivity contribution in [1.29, 1.82) is 0 Å². The Labute approximate surface area is 176 Å². The van der Waals surface area contributed by atoms with E-state index in [9.17, 15) is 4.79 Å². The molecule has 0 spiro atoms. The number of carbonyl (C=O) groups is 1. The number of fused-ring (bicyclic) bond motifs is 1. The van der Waals surface area contributed by atoms with Gasteiger partial charge in [-0.1, -0.05) is 48.5 Å². The summed E-state index contributed by atoms with van der Waals surface area (Å²) >= 11 is 0. The van der Waals surface area contributed by atoms with E-state index in [-0.39, 0.29) is 12.0 Å². The molecule has 6 nitrogen and oxygen atoms in total. The lowest BCUT2D eigenvalue weighted by molar-refractivity contribution is -0.142. The van der Waals surface area contributed by atoms with Crippen molar-refractivity contribution in [2.24, 2.45) is 0 Å². The molecular formula is C24H26N4O2. The summed E-state index contributed by atoms with van der Waals surface area (Å²) in [6.45, 7) is 4.52. The fraction of sp³-hybridized carbons (Fsp3) is 0.375. The van der Waals surface area contributed by atoms with E-state index in [0.29, 0.717) is 13.2 Å². The Morgan fingerprint density at radius 2 is 1.73 bits per heavy atom. The maximum atomic E-state index is 12.6. The molecule has 0 aliphatic carbocycles. The third-order valence-electron chi connectivity index (χ3n) is 5.95. The molecule has 0 radical (unpaired) electrons. The van der Waals surface area contributed by atoms with Crippen LogP contribution in [0.25, 0.3) is 22.2 Å². The normalized spacial score (nSPS) is 20.0. The molecule has 1 atom stereocenters. The molecule has 1 amide bonds. The molecule has 5 rings (SSSR count). The minimum absolute atomic E-state index is 0.153. The van der Waals surface area contributed by atoms with Crippen LogP contribution in [0.4, 0.5) is 0 Å². The second-order valence-corrected chi connectivity index (χ2v) is 7.97. The molecule has 2 aliphatic rings. The summed E-state index contributed by atoms with van der Waals surface area (Å²) in [6, 6.07) is 18.5. The first-order valence-electron chi connectivity index (χ1n) is 10.7. The number of piperazine rings is 1. The van der Waals surface area contributed by atoms with E-state index in [4.69, 9.17) is 14.7 Å². The quantitative estimate of drug-likeness (QED) is 0.671. The Bertz CT molecular complexity index is 1030. The van der Waals surface area contributed by atoms with Crippen molar-refractivity contribution in [3.05, 3.63) is 60.4 Å². The van der Waals surface area contributed by atoms with Crippen LogP contribution in [0.5, 0.6) is 0 Å². The monoisotopic (exact) mass is 402 g/mol. The summed E-state index contributed by atoms with van der Waals surface area (Å²) in [5, 5.41) is 1.07. The summed E-state index contributed by atoms with van der Waals surface area (Å²) in [7, 11) is 0. The van der Waals surface area contributed by atoms with Gasteiger partial charge in [-0.3, -0.25) is 9.69 Å². The van der Waals surface area contributed by atoms with Gasteiger partial charge in [0.2, 0.25) is 0 Å². The van der Waals surface area contributed by atoms with Crippen molar-refractivity contribution < 1.29 is 9.53 Å².